The van der Waals surface area contributed by atoms with E-state index in [4.69, 9.17) is 0 Å². The Kier molecular flexibility index (Phi) is 77.5. The van der Waals surface area contributed by atoms with Crippen molar-refractivity contribution in [3.8, 4) is 0 Å². The molecule has 0 heterocycles. The predicted octanol–water partition coefficient (Wildman–Crippen LogP) is 1.41. The van der Waals surface area contributed by atoms with Crippen LogP contribution in [0.15, 0.2) is 0 Å². The zero-order chi connectivity index (χ0) is 4.71. The molecule has 0 bridgehead atoms. The van der Waals surface area contributed by atoms with Crippen molar-refractivity contribution in [1.82, 2.24) is 5.32 Å². The van der Waals surface area contributed by atoms with Gasteiger partial charge in [0.25, 0.3) is 0 Å². The monoisotopic (exact) mass is 314 g/mol. The third kappa shape index (κ3) is 43.1. The Labute approximate surface area is 71.6 Å². The van der Waals surface area contributed by atoms with E-state index in [1.54, 1.807) is 21.5 Å². The van der Waals surface area contributed by atoms with Crippen molar-refractivity contribution in [3.63, 3.8) is 0 Å². The summed E-state index contributed by atoms with van der Waals surface area (Å²) in [6.07, 6.45) is 0. The van der Waals surface area contributed by atoms with E-state index >= 15 is 0 Å². The molecule has 0 aliphatic carbocycles. The molecule has 0 saturated heterocycles. The SMILES string of the molecule is CNC.ClI.[Ag]. The van der Waals surface area contributed by atoms with Gasteiger partial charge in [-0.1, -0.05) is 0 Å². The van der Waals surface area contributed by atoms with Gasteiger partial charge in [0.15, 0.2) is 0 Å². The largest absolute Gasteiger partial charge is 0.323 e. The molecule has 0 aliphatic heterocycles. The van der Waals surface area contributed by atoms with Crippen LogP contribution in [0.25, 0.3) is 0 Å². The molecule has 0 saturated carbocycles. The fraction of sp³-hybridized carbons (Fsp3) is 1.00. The number of hydrogen-bond donors (Lipinski definition) is 1. The van der Waals surface area contributed by atoms with Crippen molar-refractivity contribution in [2.24, 2.45) is 0 Å². The smallest absolute Gasteiger partial charge is 0.0425 e. The number of rotatable bonds is 0. The Morgan fingerprint density at radius 1 is 1.33 bits per heavy atom. The minimum absolute atomic E-state index is 0. The van der Waals surface area contributed by atoms with Crippen LogP contribution >= 0.6 is 30.4 Å². The summed E-state index contributed by atoms with van der Waals surface area (Å²) in [4.78, 5) is 0. The van der Waals surface area contributed by atoms with E-state index < -0.39 is 0 Å². The van der Waals surface area contributed by atoms with Gasteiger partial charge in [0.2, 0.25) is 0 Å². The van der Waals surface area contributed by atoms with E-state index in [-0.39, 0.29) is 22.4 Å². The van der Waals surface area contributed by atoms with E-state index in [1.807, 2.05) is 14.1 Å². The molecule has 4 heteroatoms. The summed E-state index contributed by atoms with van der Waals surface area (Å²) in [6, 6.07) is 0. The maximum atomic E-state index is 4.61. The summed E-state index contributed by atoms with van der Waals surface area (Å²) in [5, 5.41) is 2.75. The summed E-state index contributed by atoms with van der Waals surface area (Å²) in [6.45, 7) is 0. The van der Waals surface area contributed by atoms with Crippen LogP contribution in [0, 0.1) is 0 Å². The standard InChI is InChI=1S/C2H7N.Ag.ClI/c1-3-2;;1-2/h3H,1-2H3;;. The van der Waals surface area contributed by atoms with Crippen molar-refractivity contribution in [2.75, 3.05) is 14.1 Å². The molecule has 0 fully saturated rings. The zero-order valence-corrected chi connectivity index (χ0v) is 7.95. The minimum Gasteiger partial charge on any atom is -0.323 e. The Morgan fingerprint density at radius 2 is 1.33 bits per heavy atom. The Hall–Kier alpha value is 1.72. The van der Waals surface area contributed by atoms with Gasteiger partial charge in [-0.15, -0.1) is 0 Å². The quantitative estimate of drug-likeness (QED) is 0.526. The molecule has 1 N–H and O–H groups in total. The van der Waals surface area contributed by atoms with Gasteiger partial charge >= 0.3 is 0 Å². The molecular weight excluding hydrogens is 308 g/mol. The van der Waals surface area contributed by atoms with Gasteiger partial charge in [-0.2, -0.15) is 0 Å². The first-order valence-corrected chi connectivity index (χ1v) is 3.87. The molecule has 0 amide bonds. The van der Waals surface area contributed by atoms with Crippen LogP contribution in [0.2, 0.25) is 0 Å². The van der Waals surface area contributed by atoms with Crippen LogP contribution in [-0.4, -0.2) is 14.1 Å². The van der Waals surface area contributed by atoms with Gasteiger partial charge < -0.3 is 5.32 Å². The van der Waals surface area contributed by atoms with Gasteiger partial charge in [-0.3, -0.25) is 0 Å². The molecule has 0 atom stereocenters. The summed E-state index contributed by atoms with van der Waals surface area (Å²) < 4.78 is 0. The predicted molar refractivity (Wildman–Crippen MR) is 34.9 cm³/mol. The van der Waals surface area contributed by atoms with Crippen LogP contribution in [-0.2, 0) is 22.4 Å². The van der Waals surface area contributed by atoms with Gasteiger partial charge in [-0.05, 0) is 23.0 Å². The first kappa shape index (κ1) is 15.6. The van der Waals surface area contributed by atoms with Crippen LogP contribution in [0.3, 0.4) is 0 Å². The maximum Gasteiger partial charge on any atom is 0.0425 e. The van der Waals surface area contributed by atoms with Crippen LogP contribution < -0.4 is 5.32 Å². The molecule has 0 spiro atoms. The number of nitrogens with one attached hydrogen (secondary N) is 1. The minimum atomic E-state index is 0. The Morgan fingerprint density at radius 3 is 1.33 bits per heavy atom. The molecule has 1 nitrogen and oxygen atoms in total. The number of halogens is 2. The maximum absolute atomic E-state index is 4.61. The topological polar surface area (TPSA) is 12.0 Å². The Balaban J connectivity index is -0.0000000275. The molecule has 0 rings (SSSR count). The fourth-order valence-corrected chi connectivity index (χ4v) is 0. The second-order valence-corrected chi connectivity index (χ2v) is 0.500. The van der Waals surface area contributed by atoms with Crippen molar-refractivity contribution in [3.05, 3.63) is 0 Å². The Bertz CT molecular complexity index is 13.5. The van der Waals surface area contributed by atoms with Gasteiger partial charge in [0.05, 0.1) is 0 Å². The average Bonchev–Trinajstić information content (AvgIpc) is 1.46. The zero-order valence-electron chi connectivity index (χ0n) is 3.56. The van der Waals surface area contributed by atoms with Crippen LogP contribution in [0.1, 0.15) is 0 Å². The second-order valence-electron chi connectivity index (χ2n) is 0.500. The molecule has 0 aromatic rings. The van der Waals surface area contributed by atoms with E-state index in [0.717, 1.165) is 0 Å². The number of hydrogen-bond acceptors (Lipinski definition) is 1. The van der Waals surface area contributed by atoms with Crippen LogP contribution in [0.4, 0.5) is 0 Å². The normalized spacial score (nSPS) is 4.00. The first-order valence-electron chi connectivity index (χ1n) is 1.14. The first-order chi connectivity index (χ1) is 2.41. The van der Waals surface area contributed by atoms with Crippen molar-refractivity contribution in [1.29, 1.82) is 0 Å². The molecule has 45 valence electrons. The van der Waals surface area contributed by atoms with E-state index in [9.17, 15) is 0 Å². The third-order valence-electron chi connectivity index (χ3n) is 0. The van der Waals surface area contributed by atoms with E-state index in [2.05, 4.69) is 14.2 Å². The molecule has 0 aliphatic rings. The molecule has 6 heavy (non-hydrogen) atoms. The van der Waals surface area contributed by atoms with Gasteiger partial charge in [0.1, 0.15) is 0 Å². The second kappa shape index (κ2) is 29.7. The van der Waals surface area contributed by atoms with Crippen molar-refractivity contribution < 1.29 is 22.4 Å². The van der Waals surface area contributed by atoms with Crippen molar-refractivity contribution >= 4 is 30.4 Å². The molecular formula is C2H7AgClIN. The summed E-state index contributed by atoms with van der Waals surface area (Å²) in [7, 11) is 8.36. The van der Waals surface area contributed by atoms with Gasteiger partial charge in [0, 0.05) is 43.8 Å². The summed E-state index contributed by atoms with van der Waals surface area (Å²) in [5.74, 6) is 0. The van der Waals surface area contributed by atoms with Crippen molar-refractivity contribution in [2.45, 2.75) is 0 Å². The third-order valence-corrected chi connectivity index (χ3v) is 0. The molecule has 0 aromatic heterocycles. The fourth-order valence-electron chi connectivity index (χ4n) is 0. The molecule has 0 aromatic carbocycles. The van der Waals surface area contributed by atoms with Crippen LogP contribution in [0.5, 0.6) is 0 Å². The van der Waals surface area contributed by atoms with E-state index in [1.165, 1.54) is 0 Å². The molecule has 0 unspecified atom stereocenters. The van der Waals surface area contributed by atoms with E-state index in [0.29, 0.717) is 0 Å². The average molecular weight is 315 g/mol. The summed E-state index contributed by atoms with van der Waals surface area (Å²) >= 11 is 1.62. The molecule has 1 radical (unpaired) electrons. The summed E-state index contributed by atoms with van der Waals surface area (Å²) in [5.41, 5.74) is 0. The van der Waals surface area contributed by atoms with Gasteiger partial charge in [-0.25, -0.2) is 0 Å².